The van der Waals surface area contributed by atoms with Crippen molar-refractivity contribution in [3.05, 3.63) is 72.6 Å². The number of para-hydroxylation sites is 3. The molecule has 2 heterocycles. The molecule has 120 valence electrons. The molecule has 4 aromatic rings. The second kappa shape index (κ2) is 6.20. The molecule has 5 heteroatoms. The van der Waals surface area contributed by atoms with Crippen LogP contribution in [0.15, 0.2) is 66.9 Å². The van der Waals surface area contributed by atoms with Crippen LogP contribution in [0.2, 0.25) is 0 Å². The van der Waals surface area contributed by atoms with Crippen molar-refractivity contribution in [1.82, 2.24) is 19.3 Å². The van der Waals surface area contributed by atoms with Gasteiger partial charge in [-0.25, -0.2) is 4.98 Å². The molecule has 0 atom stereocenters. The number of benzene rings is 2. The zero-order chi connectivity index (χ0) is 16.4. The van der Waals surface area contributed by atoms with E-state index in [-0.39, 0.29) is 0 Å². The largest absolute Gasteiger partial charge is 0.350 e. The van der Waals surface area contributed by atoms with E-state index in [0.29, 0.717) is 6.54 Å². The molecule has 0 bridgehead atoms. The van der Waals surface area contributed by atoms with Gasteiger partial charge < -0.3 is 5.32 Å². The number of hydrogen-bond donors (Lipinski definition) is 1. The Bertz CT molecular complexity index is 952. The summed E-state index contributed by atoms with van der Waals surface area (Å²) >= 11 is 0. The molecule has 1 N–H and O–H groups in total. The van der Waals surface area contributed by atoms with Crippen molar-refractivity contribution in [2.75, 3.05) is 5.32 Å². The van der Waals surface area contributed by atoms with Gasteiger partial charge in [0.05, 0.1) is 23.3 Å². The molecule has 0 amide bonds. The van der Waals surface area contributed by atoms with Crippen molar-refractivity contribution in [2.24, 2.45) is 0 Å². The van der Waals surface area contributed by atoms with E-state index in [2.05, 4.69) is 40.1 Å². The number of anilines is 1. The lowest BCUT2D eigenvalue weighted by Gasteiger charge is -2.11. The summed E-state index contributed by atoms with van der Waals surface area (Å²) in [6.45, 7) is 3.64. The number of aromatic nitrogens is 4. The SMILES string of the molecule is CCn1nccc1CNc1nc2ccccc2n1-c1ccccc1. The summed E-state index contributed by atoms with van der Waals surface area (Å²) in [6, 6.07) is 20.5. The summed E-state index contributed by atoms with van der Waals surface area (Å²) in [5.74, 6) is 0.839. The summed E-state index contributed by atoms with van der Waals surface area (Å²) in [5, 5.41) is 7.79. The second-order valence-corrected chi connectivity index (χ2v) is 5.59. The van der Waals surface area contributed by atoms with Gasteiger partial charge in [-0.15, -0.1) is 0 Å². The van der Waals surface area contributed by atoms with E-state index in [9.17, 15) is 0 Å². The highest BCUT2D eigenvalue weighted by Crippen LogP contribution is 2.24. The number of hydrogen-bond acceptors (Lipinski definition) is 3. The van der Waals surface area contributed by atoms with Crippen molar-refractivity contribution in [3.8, 4) is 5.69 Å². The van der Waals surface area contributed by atoms with Gasteiger partial charge in [0.2, 0.25) is 5.95 Å². The van der Waals surface area contributed by atoms with Gasteiger partial charge in [-0.2, -0.15) is 5.10 Å². The smallest absolute Gasteiger partial charge is 0.208 e. The molecular weight excluding hydrogens is 298 g/mol. The molecule has 5 nitrogen and oxygen atoms in total. The van der Waals surface area contributed by atoms with Crippen LogP contribution in [0, 0.1) is 0 Å². The third-order valence-corrected chi connectivity index (χ3v) is 4.11. The lowest BCUT2D eigenvalue weighted by Crippen LogP contribution is -2.10. The van der Waals surface area contributed by atoms with Crippen LogP contribution in [0.3, 0.4) is 0 Å². The molecule has 0 aliphatic carbocycles. The zero-order valence-electron chi connectivity index (χ0n) is 13.6. The topological polar surface area (TPSA) is 47.7 Å². The van der Waals surface area contributed by atoms with E-state index in [4.69, 9.17) is 4.98 Å². The quantitative estimate of drug-likeness (QED) is 0.608. The maximum Gasteiger partial charge on any atom is 0.208 e. The lowest BCUT2D eigenvalue weighted by atomic mass is 10.3. The molecule has 2 aromatic heterocycles. The molecule has 2 aromatic carbocycles. The van der Waals surface area contributed by atoms with Gasteiger partial charge in [-0.3, -0.25) is 9.25 Å². The van der Waals surface area contributed by atoms with Crippen LogP contribution < -0.4 is 5.32 Å². The standard InChI is InChI=1S/C19H19N5/c1-2-23-16(12-13-21-23)14-20-19-22-17-10-6-7-11-18(17)24(19)15-8-4-3-5-9-15/h3-13H,2,14H2,1H3,(H,20,22). The van der Waals surface area contributed by atoms with Crippen LogP contribution in [0.25, 0.3) is 16.7 Å². The van der Waals surface area contributed by atoms with Gasteiger partial charge >= 0.3 is 0 Å². The Labute approximate surface area is 140 Å². The Morgan fingerprint density at radius 1 is 0.958 bits per heavy atom. The lowest BCUT2D eigenvalue weighted by molar-refractivity contribution is 0.627. The average molecular weight is 317 g/mol. The van der Waals surface area contributed by atoms with Crippen LogP contribution in [-0.2, 0) is 13.1 Å². The van der Waals surface area contributed by atoms with Crippen LogP contribution in [0.1, 0.15) is 12.6 Å². The van der Waals surface area contributed by atoms with Crippen LogP contribution in [-0.4, -0.2) is 19.3 Å². The minimum Gasteiger partial charge on any atom is -0.350 e. The van der Waals surface area contributed by atoms with Crippen molar-refractivity contribution < 1.29 is 0 Å². The molecule has 24 heavy (non-hydrogen) atoms. The zero-order valence-corrected chi connectivity index (χ0v) is 13.6. The van der Waals surface area contributed by atoms with E-state index < -0.39 is 0 Å². The van der Waals surface area contributed by atoms with Gasteiger partial charge in [0.1, 0.15) is 0 Å². The summed E-state index contributed by atoms with van der Waals surface area (Å²) in [5.41, 5.74) is 4.31. The predicted octanol–water partition coefficient (Wildman–Crippen LogP) is 3.85. The first-order valence-corrected chi connectivity index (χ1v) is 8.14. The molecule has 0 radical (unpaired) electrons. The molecule has 0 spiro atoms. The maximum absolute atomic E-state index is 4.77. The minimum absolute atomic E-state index is 0.685. The van der Waals surface area contributed by atoms with Crippen LogP contribution in [0.4, 0.5) is 5.95 Å². The summed E-state index contributed by atoms with van der Waals surface area (Å²) < 4.78 is 4.14. The first-order valence-electron chi connectivity index (χ1n) is 8.14. The number of imidazole rings is 1. The maximum atomic E-state index is 4.77. The fourth-order valence-electron chi connectivity index (χ4n) is 2.95. The Morgan fingerprint density at radius 2 is 1.75 bits per heavy atom. The number of fused-ring (bicyclic) bond motifs is 1. The van der Waals surface area contributed by atoms with Crippen molar-refractivity contribution in [1.29, 1.82) is 0 Å². The monoisotopic (exact) mass is 317 g/mol. The van der Waals surface area contributed by atoms with Crippen molar-refractivity contribution in [2.45, 2.75) is 20.0 Å². The van der Waals surface area contributed by atoms with Gasteiger partial charge in [0, 0.05) is 18.4 Å². The normalized spacial score (nSPS) is 11.0. The first-order chi connectivity index (χ1) is 11.9. The second-order valence-electron chi connectivity index (χ2n) is 5.59. The van der Waals surface area contributed by atoms with Gasteiger partial charge in [0.25, 0.3) is 0 Å². The Balaban J connectivity index is 1.75. The van der Waals surface area contributed by atoms with Gasteiger partial charge in [0.15, 0.2) is 0 Å². The molecule has 0 aliphatic heterocycles. The molecular formula is C19H19N5. The number of rotatable bonds is 5. The molecule has 0 aliphatic rings. The number of aryl methyl sites for hydroxylation is 1. The summed E-state index contributed by atoms with van der Waals surface area (Å²) in [4.78, 5) is 4.77. The number of nitrogens with zero attached hydrogens (tertiary/aromatic N) is 4. The Hall–Kier alpha value is -3.08. The summed E-state index contributed by atoms with van der Waals surface area (Å²) in [6.07, 6.45) is 1.83. The summed E-state index contributed by atoms with van der Waals surface area (Å²) in [7, 11) is 0. The molecule has 0 saturated carbocycles. The van der Waals surface area contributed by atoms with Gasteiger partial charge in [-0.05, 0) is 37.3 Å². The molecule has 0 saturated heterocycles. The highest BCUT2D eigenvalue weighted by atomic mass is 15.3. The fourth-order valence-corrected chi connectivity index (χ4v) is 2.95. The van der Waals surface area contributed by atoms with Crippen molar-refractivity contribution >= 4 is 17.0 Å². The first kappa shape index (κ1) is 14.5. The highest BCUT2D eigenvalue weighted by molar-refractivity contribution is 5.81. The van der Waals surface area contributed by atoms with E-state index in [1.807, 2.05) is 53.3 Å². The van der Waals surface area contributed by atoms with Crippen LogP contribution in [0.5, 0.6) is 0 Å². The number of nitrogens with one attached hydrogen (secondary N) is 1. The van der Waals surface area contributed by atoms with Gasteiger partial charge in [-0.1, -0.05) is 30.3 Å². The van der Waals surface area contributed by atoms with E-state index in [1.54, 1.807) is 0 Å². The Morgan fingerprint density at radius 3 is 2.58 bits per heavy atom. The average Bonchev–Trinajstić information content (AvgIpc) is 3.24. The third-order valence-electron chi connectivity index (χ3n) is 4.11. The van der Waals surface area contributed by atoms with E-state index >= 15 is 0 Å². The molecule has 0 unspecified atom stereocenters. The van der Waals surface area contributed by atoms with E-state index in [1.165, 1.54) is 0 Å². The highest BCUT2D eigenvalue weighted by Gasteiger charge is 2.12. The molecule has 0 fully saturated rings. The molecule has 4 rings (SSSR count). The van der Waals surface area contributed by atoms with E-state index in [0.717, 1.165) is 34.9 Å². The minimum atomic E-state index is 0.685. The Kier molecular flexibility index (Phi) is 3.75. The third kappa shape index (κ3) is 2.54. The van der Waals surface area contributed by atoms with Crippen LogP contribution >= 0.6 is 0 Å². The fraction of sp³-hybridized carbons (Fsp3) is 0.158. The van der Waals surface area contributed by atoms with Crippen molar-refractivity contribution in [3.63, 3.8) is 0 Å². The predicted molar refractivity (Wildman–Crippen MR) is 96.3 cm³/mol.